The largest absolute Gasteiger partial charge is 0.361 e. The van der Waals surface area contributed by atoms with E-state index in [-0.39, 0.29) is 5.56 Å². The Labute approximate surface area is 131 Å². The fourth-order valence-electron chi connectivity index (χ4n) is 1.47. The maximum absolute atomic E-state index is 13.1. The summed E-state index contributed by atoms with van der Waals surface area (Å²) < 4.78 is 13.6. The van der Waals surface area contributed by atoms with Gasteiger partial charge in [-0.05, 0) is 52.8 Å². The van der Waals surface area contributed by atoms with E-state index in [2.05, 4.69) is 39.0 Å². The summed E-state index contributed by atoms with van der Waals surface area (Å²) in [6, 6.07) is 3.90. The van der Waals surface area contributed by atoms with Gasteiger partial charge < -0.3 is 5.32 Å². The number of rotatable bonds is 5. The van der Waals surface area contributed by atoms with E-state index in [1.165, 1.54) is 12.1 Å². The van der Waals surface area contributed by atoms with Crippen molar-refractivity contribution in [2.24, 2.45) is 0 Å². The average Bonchev–Trinajstić information content (AvgIpc) is 2.43. The number of carbonyl (C=O) groups excluding carboxylic acids is 1. The standard InChI is InChI=1S/C13H17BrFN3OS/c1-2-3-4-7-16-13(20)18-17-12(19)10-8-9(15)5-6-11(10)14/h5-6,8H,2-4,7H2,1H3,(H,17,19)(H2,16,18,20). The van der Waals surface area contributed by atoms with Crippen LogP contribution in [0.3, 0.4) is 0 Å². The van der Waals surface area contributed by atoms with E-state index in [0.717, 1.165) is 31.9 Å². The molecule has 0 heterocycles. The first-order chi connectivity index (χ1) is 9.54. The molecule has 0 atom stereocenters. The van der Waals surface area contributed by atoms with Crippen LogP contribution < -0.4 is 16.2 Å². The third-order valence-electron chi connectivity index (χ3n) is 2.53. The summed E-state index contributed by atoms with van der Waals surface area (Å²) in [4.78, 5) is 11.8. The van der Waals surface area contributed by atoms with Crippen LogP contribution in [0.5, 0.6) is 0 Å². The van der Waals surface area contributed by atoms with E-state index in [9.17, 15) is 9.18 Å². The lowest BCUT2D eigenvalue weighted by atomic mass is 10.2. The first kappa shape index (κ1) is 16.8. The van der Waals surface area contributed by atoms with Crippen LogP contribution in [0.2, 0.25) is 0 Å². The number of hydrazine groups is 1. The lowest BCUT2D eigenvalue weighted by Crippen LogP contribution is -2.47. The number of halogens is 2. The van der Waals surface area contributed by atoms with Gasteiger partial charge in [-0.2, -0.15) is 0 Å². The summed E-state index contributed by atoms with van der Waals surface area (Å²) >= 11 is 8.20. The number of hydrogen-bond donors (Lipinski definition) is 3. The number of thiocarbonyl (C=S) groups is 1. The van der Waals surface area contributed by atoms with Crippen molar-refractivity contribution in [2.45, 2.75) is 26.2 Å². The fourth-order valence-corrected chi connectivity index (χ4v) is 2.05. The highest BCUT2D eigenvalue weighted by atomic mass is 79.9. The predicted molar refractivity (Wildman–Crippen MR) is 84.8 cm³/mol. The molecule has 1 rings (SSSR count). The van der Waals surface area contributed by atoms with Crippen molar-refractivity contribution in [3.63, 3.8) is 0 Å². The van der Waals surface area contributed by atoms with Crippen molar-refractivity contribution in [1.82, 2.24) is 16.2 Å². The summed E-state index contributed by atoms with van der Waals surface area (Å²) in [6.07, 6.45) is 3.27. The van der Waals surface area contributed by atoms with Crippen molar-refractivity contribution < 1.29 is 9.18 Å². The minimum absolute atomic E-state index is 0.200. The highest BCUT2D eigenvalue weighted by molar-refractivity contribution is 9.10. The minimum Gasteiger partial charge on any atom is -0.361 e. The molecular formula is C13H17BrFN3OS. The molecule has 0 fully saturated rings. The zero-order chi connectivity index (χ0) is 15.0. The van der Waals surface area contributed by atoms with E-state index < -0.39 is 11.7 Å². The molecule has 0 radical (unpaired) electrons. The highest BCUT2D eigenvalue weighted by Crippen LogP contribution is 2.17. The van der Waals surface area contributed by atoms with Gasteiger partial charge in [-0.1, -0.05) is 19.8 Å². The third-order valence-corrected chi connectivity index (χ3v) is 3.47. The lowest BCUT2D eigenvalue weighted by Gasteiger charge is -2.12. The van der Waals surface area contributed by atoms with Crippen LogP contribution in [0.1, 0.15) is 36.5 Å². The molecule has 1 amide bonds. The Hall–Kier alpha value is -1.21. The van der Waals surface area contributed by atoms with Crippen LogP contribution >= 0.6 is 28.1 Å². The van der Waals surface area contributed by atoms with Crippen LogP contribution in [0.15, 0.2) is 22.7 Å². The molecule has 0 aliphatic rings. The Kier molecular flexibility index (Phi) is 7.46. The van der Waals surface area contributed by atoms with Crippen molar-refractivity contribution >= 4 is 39.2 Å². The molecule has 0 spiro atoms. The van der Waals surface area contributed by atoms with E-state index in [4.69, 9.17) is 12.2 Å². The predicted octanol–water partition coefficient (Wildman–Crippen LogP) is 2.89. The summed E-state index contributed by atoms with van der Waals surface area (Å²) in [5.41, 5.74) is 5.20. The van der Waals surface area contributed by atoms with Gasteiger partial charge >= 0.3 is 0 Å². The summed E-state index contributed by atoms with van der Waals surface area (Å²) in [6.45, 7) is 2.87. The van der Waals surface area contributed by atoms with Gasteiger partial charge in [0.15, 0.2) is 5.11 Å². The monoisotopic (exact) mass is 361 g/mol. The van der Waals surface area contributed by atoms with Crippen molar-refractivity contribution in [3.8, 4) is 0 Å². The number of carbonyl (C=O) groups is 1. The van der Waals surface area contributed by atoms with Crippen molar-refractivity contribution in [3.05, 3.63) is 34.1 Å². The molecule has 1 aromatic carbocycles. The molecule has 0 aromatic heterocycles. The Morgan fingerprint density at radius 2 is 2.10 bits per heavy atom. The first-order valence-corrected chi connectivity index (χ1v) is 7.54. The zero-order valence-corrected chi connectivity index (χ0v) is 13.5. The Morgan fingerprint density at radius 3 is 2.80 bits per heavy atom. The van der Waals surface area contributed by atoms with Crippen LogP contribution in [0.25, 0.3) is 0 Å². The van der Waals surface area contributed by atoms with Crippen LogP contribution in [0.4, 0.5) is 4.39 Å². The van der Waals surface area contributed by atoms with Gasteiger partial charge in [0.05, 0.1) is 5.56 Å². The summed E-state index contributed by atoms with van der Waals surface area (Å²) in [5, 5.41) is 3.31. The van der Waals surface area contributed by atoms with Crippen LogP contribution in [-0.2, 0) is 0 Å². The highest BCUT2D eigenvalue weighted by Gasteiger charge is 2.11. The number of hydrogen-bond acceptors (Lipinski definition) is 2. The maximum atomic E-state index is 13.1. The maximum Gasteiger partial charge on any atom is 0.270 e. The topological polar surface area (TPSA) is 53.2 Å². The van der Waals surface area contributed by atoms with Gasteiger partial charge in [-0.3, -0.25) is 15.6 Å². The smallest absolute Gasteiger partial charge is 0.270 e. The van der Waals surface area contributed by atoms with Crippen molar-refractivity contribution in [1.29, 1.82) is 0 Å². The average molecular weight is 362 g/mol. The van der Waals surface area contributed by atoms with E-state index >= 15 is 0 Å². The normalized spacial score (nSPS) is 9.95. The second kappa shape index (κ2) is 8.86. The van der Waals surface area contributed by atoms with Crippen LogP contribution in [-0.4, -0.2) is 17.6 Å². The molecule has 7 heteroatoms. The fraction of sp³-hybridized carbons (Fsp3) is 0.385. The first-order valence-electron chi connectivity index (χ1n) is 6.33. The molecule has 0 saturated heterocycles. The molecule has 0 saturated carbocycles. The quantitative estimate of drug-likeness (QED) is 0.428. The van der Waals surface area contributed by atoms with Gasteiger partial charge in [0.2, 0.25) is 0 Å². The van der Waals surface area contributed by atoms with E-state index in [0.29, 0.717) is 9.59 Å². The van der Waals surface area contributed by atoms with E-state index in [1.54, 1.807) is 0 Å². The number of unbranched alkanes of at least 4 members (excludes halogenated alkanes) is 2. The van der Waals surface area contributed by atoms with Gasteiger partial charge in [0, 0.05) is 11.0 Å². The van der Waals surface area contributed by atoms with Gasteiger partial charge in [0.25, 0.3) is 5.91 Å². The minimum atomic E-state index is -0.474. The summed E-state index contributed by atoms with van der Waals surface area (Å²) in [5.74, 6) is -0.937. The Morgan fingerprint density at radius 1 is 1.35 bits per heavy atom. The Balaban J connectivity index is 2.39. The number of amides is 1. The molecular weight excluding hydrogens is 345 g/mol. The van der Waals surface area contributed by atoms with Crippen molar-refractivity contribution in [2.75, 3.05) is 6.54 Å². The molecule has 0 unspecified atom stereocenters. The SMILES string of the molecule is CCCCCNC(=S)NNC(=O)c1cc(F)ccc1Br. The van der Waals surface area contributed by atoms with Gasteiger partial charge in [-0.15, -0.1) is 0 Å². The summed E-state index contributed by atoms with van der Waals surface area (Å²) in [7, 11) is 0. The molecule has 20 heavy (non-hydrogen) atoms. The van der Waals surface area contributed by atoms with Gasteiger partial charge in [-0.25, -0.2) is 4.39 Å². The molecule has 3 N–H and O–H groups in total. The molecule has 0 bridgehead atoms. The molecule has 0 aliphatic carbocycles. The second-order valence-electron chi connectivity index (χ2n) is 4.17. The Bertz CT molecular complexity index is 485. The zero-order valence-electron chi connectivity index (χ0n) is 11.1. The molecule has 0 aliphatic heterocycles. The lowest BCUT2D eigenvalue weighted by molar-refractivity contribution is 0.0942. The number of nitrogens with one attached hydrogen (secondary N) is 3. The van der Waals surface area contributed by atoms with Crippen LogP contribution in [0, 0.1) is 5.82 Å². The molecule has 4 nitrogen and oxygen atoms in total. The second-order valence-corrected chi connectivity index (χ2v) is 5.43. The number of benzene rings is 1. The molecule has 110 valence electrons. The van der Waals surface area contributed by atoms with Gasteiger partial charge in [0.1, 0.15) is 5.82 Å². The third kappa shape index (κ3) is 5.83. The van der Waals surface area contributed by atoms with E-state index in [1.807, 2.05) is 0 Å². The molecule has 1 aromatic rings.